The zero-order chi connectivity index (χ0) is 14.6. The largest absolute Gasteiger partial charge is 0.789 e. The first kappa shape index (κ1) is 18.3. The standard InChI is InChI=1S/C7H13N3O.C4H10O3P/c1-11-7-3-2-5-10-6-4-8-9-10;1-4-7-8(3,5)6-2/h4,6H,2-3,5,7H2,1H3;3-4H2,1-2H3/q;-1. The summed E-state index contributed by atoms with van der Waals surface area (Å²) in [5.74, 6) is 0. The topological polar surface area (TPSA) is 81.5 Å². The molecule has 0 saturated heterocycles. The fourth-order valence-corrected chi connectivity index (χ4v) is 1.62. The molecule has 0 aromatic carbocycles. The number of ether oxygens (including phenoxy) is 1. The number of hydrogen-bond donors (Lipinski definition) is 0. The Morgan fingerprint density at radius 1 is 1.37 bits per heavy atom. The van der Waals surface area contributed by atoms with Gasteiger partial charge in [0.15, 0.2) is 0 Å². The predicted octanol–water partition coefficient (Wildman–Crippen LogP) is 0.929. The third-order valence-corrected chi connectivity index (χ3v) is 3.27. The minimum absolute atomic E-state index is 0.370. The van der Waals surface area contributed by atoms with Gasteiger partial charge in [0, 0.05) is 47.7 Å². The Labute approximate surface area is 114 Å². The Hall–Kier alpha value is -0.720. The molecule has 0 saturated carbocycles. The SMILES string of the molecule is C=P([O-])(OC)OCC.COCCCCn1ccnn1. The Kier molecular flexibility index (Phi) is 10.7. The van der Waals surface area contributed by atoms with Crippen LogP contribution in [0.5, 0.6) is 0 Å². The van der Waals surface area contributed by atoms with Crippen molar-refractivity contribution in [2.75, 3.05) is 27.4 Å². The van der Waals surface area contributed by atoms with E-state index in [0.717, 1.165) is 26.0 Å². The Balaban J connectivity index is 0.000000362. The van der Waals surface area contributed by atoms with Gasteiger partial charge in [0.25, 0.3) is 0 Å². The third kappa shape index (κ3) is 10.9. The number of unbranched alkanes of at least 4 members (excludes halogenated alkanes) is 1. The van der Waals surface area contributed by atoms with E-state index in [2.05, 4.69) is 25.7 Å². The predicted molar refractivity (Wildman–Crippen MR) is 73.8 cm³/mol. The number of aryl methyl sites for hydroxylation is 1. The van der Waals surface area contributed by atoms with Crippen LogP contribution in [-0.2, 0) is 20.3 Å². The number of methoxy groups -OCH3 is 1. The molecule has 1 heterocycles. The minimum atomic E-state index is -2.92. The van der Waals surface area contributed by atoms with E-state index in [9.17, 15) is 4.89 Å². The average molecular weight is 292 g/mol. The van der Waals surface area contributed by atoms with Gasteiger partial charge in [-0.1, -0.05) is 11.5 Å². The maximum absolute atomic E-state index is 10.6. The molecule has 19 heavy (non-hydrogen) atoms. The lowest BCUT2D eigenvalue weighted by Crippen LogP contribution is -2.05. The molecule has 8 heteroatoms. The van der Waals surface area contributed by atoms with Gasteiger partial charge in [0.1, 0.15) is 0 Å². The van der Waals surface area contributed by atoms with Crippen molar-refractivity contribution in [3.05, 3.63) is 12.4 Å². The first-order chi connectivity index (χ1) is 9.05. The van der Waals surface area contributed by atoms with Crippen LogP contribution in [0, 0.1) is 0 Å². The van der Waals surface area contributed by atoms with Crippen molar-refractivity contribution in [2.45, 2.75) is 26.3 Å². The number of nitrogens with zero attached hydrogens (tertiary/aromatic N) is 3. The fourth-order valence-electron chi connectivity index (χ4n) is 1.12. The summed E-state index contributed by atoms with van der Waals surface area (Å²) in [4.78, 5) is 10.6. The van der Waals surface area contributed by atoms with E-state index in [1.165, 1.54) is 7.11 Å². The molecule has 0 aliphatic heterocycles. The lowest BCUT2D eigenvalue weighted by molar-refractivity contribution is -0.205. The summed E-state index contributed by atoms with van der Waals surface area (Å²) in [6.07, 6.45) is 8.92. The highest BCUT2D eigenvalue weighted by Gasteiger charge is 1.92. The summed E-state index contributed by atoms with van der Waals surface area (Å²) in [6, 6.07) is 0. The molecule has 1 aromatic rings. The molecule has 0 fully saturated rings. The second-order valence-corrected chi connectivity index (χ2v) is 5.42. The summed E-state index contributed by atoms with van der Waals surface area (Å²) < 4.78 is 15.7. The maximum atomic E-state index is 10.6. The van der Waals surface area contributed by atoms with Crippen molar-refractivity contribution in [2.24, 2.45) is 0 Å². The zero-order valence-corrected chi connectivity index (χ0v) is 12.7. The molecule has 0 N–H and O–H groups in total. The van der Waals surface area contributed by atoms with Gasteiger partial charge in [-0.25, -0.2) is 0 Å². The average Bonchev–Trinajstić information content (AvgIpc) is 2.89. The van der Waals surface area contributed by atoms with E-state index >= 15 is 0 Å². The van der Waals surface area contributed by atoms with Gasteiger partial charge in [0.05, 0.1) is 6.20 Å². The quantitative estimate of drug-likeness (QED) is 0.523. The summed E-state index contributed by atoms with van der Waals surface area (Å²) in [6.45, 7) is 3.86. The van der Waals surface area contributed by atoms with Gasteiger partial charge in [-0.2, -0.15) is 0 Å². The number of rotatable bonds is 8. The molecule has 1 atom stereocenters. The summed E-state index contributed by atoms with van der Waals surface area (Å²) in [5, 5.41) is 7.54. The molecule has 112 valence electrons. The number of hydrogen-bond acceptors (Lipinski definition) is 6. The van der Waals surface area contributed by atoms with E-state index in [0.29, 0.717) is 6.61 Å². The van der Waals surface area contributed by atoms with Crippen molar-refractivity contribution in [3.63, 3.8) is 0 Å². The molecular formula is C11H23N3O4P-. The van der Waals surface area contributed by atoms with Crippen molar-refractivity contribution in [3.8, 4) is 0 Å². The Morgan fingerprint density at radius 2 is 2.11 bits per heavy atom. The molecule has 0 spiro atoms. The molecule has 7 nitrogen and oxygen atoms in total. The van der Waals surface area contributed by atoms with Crippen LogP contribution < -0.4 is 4.89 Å². The van der Waals surface area contributed by atoms with E-state index < -0.39 is 7.57 Å². The second-order valence-electron chi connectivity index (χ2n) is 3.58. The van der Waals surface area contributed by atoms with E-state index in [-0.39, 0.29) is 0 Å². The van der Waals surface area contributed by atoms with Crippen LogP contribution in [0.25, 0.3) is 0 Å². The minimum Gasteiger partial charge on any atom is -0.789 e. The van der Waals surface area contributed by atoms with Gasteiger partial charge in [-0.3, -0.25) is 4.68 Å². The van der Waals surface area contributed by atoms with Crippen molar-refractivity contribution in [1.29, 1.82) is 0 Å². The third-order valence-electron chi connectivity index (χ3n) is 2.06. The molecule has 1 aromatic heterocycles. The van der Waals surface area contributed by atoms with E-state index in [4.69, 9.17) is 4.74 Å². The Morgan fingerprint density at radius 3 is 2.53 bits per heavy atom. The highest BCUT2D eigenvalue weighted by Crippen LogP contribution is 2.35. The molecule has 1 rings (SSSR count). The molecule has 0 bridgehead atoms. The summed E-state index contributed by atoms with van der Waals surface area (Å²) in [5.41, 5.74) is 0. The lowest BCUT2D eigenvalue weighted by atomic mass is 10.3. The molecule has 0 aliphatic carbocycles. The monoisotopic (exact) mass is 292 g/mol. The maximum Gasteiger partial charge on any atom is 0.0692 e. The van der Waals surface area contributed by atoms with Crippen molar-refractivity contribution >= 4 is 13.9 Å². The normalized spacial score (nSPS) is 13.5. The first-order valence-electron chi connectivity index (χ1n) is 6.03. The van der Waals surface area contributed by atoms with Crippen molar-refractivity contribution < 1.29 is 18.7 Å². The van der Waals surface area contributed by atoms with Crippen molar-refractivity contribution in [1.82, 2.24) is 15.0 Å². The molecule has 0 aliphatic rings. The fraction of sp³-hybridized carbons (Fsp3) is 0.727. The summed E-state index contributed by atoms with van der Waals surface area (Å²) >= 11 is 0. The zero-order valence-electron chi connectivity index (χ0n) is 11.8. The summed E-state index contributed by atoms with van der Waals surface area (Å²) in [7, 11) is 0.103. The van der Waals surface area contributed by atoms with Crippen LogP contribution >= 0.6 is 7.57 Å². The van der Waals surface area contributed by atoms with Gasteiger partial charge in [-0.15, -0.1) is 5.10 Å². The molecule has 0 radical (unpaired) electrons. The lowest BCUT2D eigenvalue weighted by Gasteiger charge is -2.26. The smallest absolute Gasteiger partial charge is 0.0692 e. The highest BCUT2D eigenvalue weighted by atomic mass is 31.2. The van der Waals surface area contributed by atoms with Crippen LogP contribution in [0.4, 0.5) is 0 Å². The van der Waals surface area contributed by atoms with Gasteiger partial charge in [0.2, 0.25) is 0 Å². The van der Waals surface area contributed by atoms with Gasteiger partial charge in [-0.05, 0) is 19.8 Å². The van der Waals surface area contributed by atoms with Crippen LogP contribution in [0.2, 0.25) is 0 Å². The van der Waals surface area contributed by atoms with E-state index in [1.54, 1.807) is 20.2 Å². The van der Waals surface area contributed by atoms with Gasteiger partial charge >= 0.3 is 0 Å². The number of aromatic nitrogens is 3. The molecule has 1 unspecified atom stereocenters. The molecule has 0 amide bonds. The van der Waals surface area contributed by atoms with Crippen LogP contribution in [0.15, 0.2) is 12.4 Å². The van der Waals surface area contributed by atoms with Crippen LogP contribution in [0.3, 0.4) is 0 Å². The van der Waals surface area contributed by atoms with Crippen LogP contribution in [-0.4, -0.2) is 48.7 Å². The van der Waals surface area contributed by atoms with E-state index in [1.807, 2.05) is 10.9 Å². The Bertz CT molecular complexity index is 346. The molecular weight excluding hydrogens is 269 g/mol. The second kappa shape index (κ2) is 11.1. The highest BCUT2D eigenvalue weighted by molar-refractivity contribution is 7.57. The van der Waals surface area contributed by atoms with Crippen LogP contribution in [0.1, 0.15) is 19.8 Å². The van der Waals surface area contributed by atoms with Gasteiger partial charge < -0.3 is 18.7 Å². The first-order valence-corrected chi connectivity index (χ1v) is 7.76.